The summed E-state index contributed by atoms with van der Waals surface area (Å²) in [6.45, 7) is 0.667. The van der Waals surface area contributed by atoms with Crippen LogP contribution in [0.15, 0.2) is 24.3 Å². The van der Waals surface area contributed by atoms with E-state index in [2.05, 4.69) is 11.6 Å². The number of thioether (sulfide) groups is 1. The molecule has 0 heterocycles. The van der Waals surface area contributed by atoms with Crippen molar-refractivity contribution in [2.45, 2.75) is 18.9 Å². The number of benzene rings is 1. The highest BCUT2D eigenvalue weighted by molar-refractivity contribution is 7.98. The van der Waals surface area contributed by atoms with E-state index in [9.17, 15) is 0 Å². The van der Waals surface area contributed by atoms with Crippen LogP contribution in [0.1, 0.15) is 12.8 Å². The fraction of sp³-hybridized carbons (Fsp3) is 0.538. The largest absolute Gasteiger partial charge is 0.497 e. The summed E-state index contributed by atoms with van der Waals surface area (Å²) < 4.78 is 5.12. The van der Waals surface area contributed by atoms with Crippen LogP contribution in [-0.4, -0.2) is 31.7 Å². The first-order valence-electron chi connectivity index (χ1n) is 5.89. The zero-order valence-corrected chi connectivity index (χ0v) is 11.4. The monoisotopic (exact) mass is 254 g/mol. The zero-order chi connectivity index (χ0) is 12.5. The van der Waals surface area contributed by atoms with Gasteiger partial charge in [-0.1, -0.05) is 0 Å². The molecule has 1 aromatic rings. The first kappa shape index (κ1) is 14.2. The topological polar surface area (TPSA) is 47.3 Å². The molecule has 0 aromatic heterocycles. The summed E-state index contributed by atoms with van der Waals surface area (Å²) in [5, 5.41) is 3.45. The first-order chi connectivity index (χ1) is 8.30. The van der Waals surface area contributed by atoms with E-state index in [1.165, 1.54) is 12.2 Å². The molecule has 0 saturated heterocycles. The first-order valence-corrected chi connectivity index (χ1v) is 7.29. The second-order valence-electron chi connectivity index (χ2n) is 3.94. The Kier molecular flexibility index (Phi) is 6.89. The van der Waals surface area contributed by atoms with Gasteiger partial charge in [0.1, 0.15) is 5.75 Å². The second-order valence-corrected chi connectivity index (χ2v) is 4.93. The molecule has 0 saturated carbocycles. The van der Waals surface area contributed by atoms with E-state index in [4.69, 9.17) is 10.5 Å². The Bertz CT molecular complexity index is 303. The Morgan fingerprint density at radius 2 is 2.06 bits per heavy atom. The van der Waals surface area contributed by atoms with Crippen molar-refractivity contribution in [1.29, 1.82) is 0 Å². The summed E-state index contributed by atoms with van der Waals surface area (Å²) in [7, 11) is 1.67. The molecule has 0 radical (unpaired) electrons. The van der Waals surface area contributed by atoms with Gasteiger partial charge in [0.2, 0.25) is 0 Å². The van der Waals surface area contributed by atoms with Gasteiger partial charge in [-0.05, 0) is 49.1 Å². The Morgan fingerprint density at radius 3 is 2.59 bits per heavy atom. The summed E-state index contributed by atoms with van der Waals surface area (Å²) in [6, 6.07) is 8.32. The summed E-state index contributed by atoms with van der Waals surface area (Å²) in [5.74, 6) is 2.07. The lowest BCUT2D eigenvalue weighted by Gasteiger charge is -2.18. The molecule has 0 spiro atoms. The molecule has 3 nitrogen and oxygen atoms in total. The molecule has 0 aliphatic carbocycles. The molecular formula is C13H22N2OS. The molecule has 1 atom stereocenters. The Hall–Kier alpha value is -0.870. The molecule has 3 N–H and O–H groups in total. The smallest absolute Gasteiger partial charge is 0.119 e. The summed E-state index contributed by atoms with van der Waals surface area (Å²) in [6.07, 6.45) is 4.45. The molecular weight excluding hydrogens is 232 g/mol. The molecule has 1 unspecified atom stereocenters. The molecule has 0 aliphatic heterocycles. The van der Waals surface area contributed by atoms with Crippen LogP contribution < -0.4 is 15.8 Å². The van der Waals surface area contributed by atoms with Crippen molar-refractivity contribution >= 4 is 17.4 Å². The fourth-order valence-electron chi connectivity index (χ4n) is 1.65. The van der Waals surface area contributed by atoms with E-state index in [-0.39, 0.29) is 0 Å². The lowest BCUT2D eigenvalue weighted by molar-refractivity contribution is 0.415. The predicted octanol–water partition coefficient (Wildman–Crippen LogP) is 2.58. The predicted molar refractivity (Wildman–Crippen MR) is 77.1 cm³/mol. The number of nitrogens with two attached hydrogens (primary N) is 1. The minimum atomic E-state index is 0.357. The molecule has 4 heteroatoms. The molecule has 0 amide bonds. The highest BCUT2D eigenvalue weighted by atomic mass is 32.2. The Morgan fingerprint density at radius 1 is 1.35 bits per heavy atom. The maximum atomic E-state index is 5.76. The van der Waals surface area contributed by atoms with E-state index in [1.54, 1.807) is 7.11 Å². The number of anilines is 1. The third-order valence-corrected chi connectivity index (χ3v) is 3.34. The summed E-state index contributed by atoms with van der Waals surface area (Å²) in [4.78, 5) is 0. The lowest BCUT2D eigenvalue weighted by Crippen LogP contribution is -2.28. The standard InChI is InChI=1S/C13H22N2OS/c1-16-13-7-5-11(6-8-13)15-12(10-14)4-3-9-17-2/h5-8,12,15H,3-4,9-10,14H2,1-2H3. The number of hydrogen-bond acceptors (Lipinski definition) is 4. The summed E-state index contributed by atoms with van der Waals surface area (Å²) >= 11 is 1.88. The van der Waals surface area contributed by atoms with E-state index < -0.39 is 0 Å². The number of nitrogens with one attached hydrogen (secondary N) is 1. The highest BCUT2D eigenvalue weighted by Crippen LogP contribution is 2.16. The van der Waals surface area contributed by atoms with E-state index in [1.807, 2.05) is 36.0 Å². The van der Waals surface area contributed by atoms with Crippen LogP contribution in [0.3, 0.4) is 0 Å². The maximum Gasteiger partial charge on any atom is 0.119 e. The van der Waals surface area contributed by atoms with Gasteiger partial charge >= 0.3 is 0 Å². The van der Waals surface area contributed by atoms with Crippen LogP contribution >= 0.6 is 11.8 Å². The molecule has 1 aromatic carbocycles. The fourth-order valence-corrected chi connectivity index (χ4v) is 2.10. The van der Waals surface area contributed by atoms with Crippen LogP contribution in [-0.2, 0) is 0 Å². The van der Waals surface area contributed by atoms with Crippen LogP contribution in [0.2, 0.25) is 0 Å². The van der Waals surface area contributed by atoms with Crippen LogP contribution in [0, 0.1) is 0 Å². The SMILES string of the molecule is COc1ccc(NC(CN)CCCSC)cc1. The van der Waals surface area contributed by atoms with E-state index in [0.29, 0.717) is 12.6 Å². The zero-order valence-electron chi connectivity index (χ0n) is 10.6. The average molecular weight is 254 g/mol. The normalized spacial score (nSPS) is 12.2. The van der Waals surface area contributed by atoms with Crippen molar-refractivity contribution in [2.24, 2.45) is 5.73 Å². The molecule has 17 heavy (non-hydrogen) atoms. The number of hydrogen-bond donors (Lipinski definition) is 2. The van der Waals surface area contributed by atoms with Crippen LogP contribution in [0.4, 0.5) is 5.69 Å². The van der Waals surface area contributed by atoms with Gasteiger partial charge in [-0.2, -0.15) is 11.8 Å². The average Bonchev–Trinajstić information content (AvgIpc) is 2.38. The van der Waals surface area contributed by atoms with Gasteiger partial charge < -0.3 is 15.8 Å². The van der Waals surface area contributed by atoms with E-state index >= 15 is 0 Å². The van der Waals surface area contributed by atoms with Gasteiger partial charge in [0.25, 0.3) is 0 Å². The minimum absolute atomic E-state index is 0.357. The molecule has 0 aliphatic rings. The third kappa shape index (κ3) is 5.33. The van der Waals surface area contributed by atoms with Crippen LogP contribution in [0.5, 0.6) is 5.75 Å². The lowest BCUT2D eigenvalue weighted by atomic mass is 10.1. The van der Waals surface area contributed by atoms with Crippen molar-refractivity contribution in [3.05, 3.63) is 24.3 Å². The summed E-state index contributed by atoms with van der Waals surface area (Å²) in [5.41, 5.74) is 6.87. The van der Waals surface area contributed by atoms with Crippen LogP contribution in [0.25, 0.3) is 0 Å². The molecule has 1 rings (SSSR count). The Balaban J connectivity index is 2.43. The Labute approximate surface area is 108 Å². The van der Waals surface area contributed by atoms with Crippen molar-refractivity contribution in [3.63, 3.8) is 0 Å². The van der Waals surface area contributed by atoms with Crippen molar-refractivity contribution < 1.29 is 4.74 Å². The van der Waals surface area contributed by atoms with Crippen molar-refractivity contribution in [3.8, 4) is 5.75 Å². The molecule has 0 fully saturated rings. The van der Waals surface area contributed by atoms with Gasteiger partial charge in [-0.3, -0.25) is 0 Å². The van der Waals surface area contributed by atoms with Crippen molar-refractivity contribution in [2.75, 3.05) is 31.0 Å². The second kappa shape index (κ2) is 8.25. The van der Waals surface area contributed by atoms with Gasteiger partial charge in [-0.25, -0.2) is 0 Å². The number of ether oxygens (including phenoxy) is 1. The van der Waals surface area contributed by atoms with E-state index in [0.717, 1.165) is 17.9 Å². The van der Waals surface area contributed by atoms with Gasteiger partial charge in [0.15, 0.2) is 0 Å². The number of rotatable bonds is 8. The van der Waals surface area contributed by atoms with Crippen molar-refractivity contribution in [1.82, 2.24) is 0 Å². The molecule has 96 valence electrons. The highest BCUT2D eigenvalue weighted by Gasteiger charge is 2.05. The third-order valence-electron chi connectivity index (χ3n) is 2.65. The minimum Gasteiger partial charge on any atom is -0.497 e. The quantitative estimate of drug-likeness (QED) is 0.700. The van der Waals surface area contributed by atoms with Gasteiger partial charge in [0, 0.05) is 18.3 Å². The molecule has 0 bridgehead atoms. The number of methoxy groups -OCH3 is 1. The maximum absolute atomic E-state index is 5.76. The van der Waals surface area contributed by atoms with Gasteiger partial charge in [0.05, 0.1) is 7.11 Å². The van der Waals surface area contributed by atoms with Gasteiger partial charge in [-0.15, -0.1) is 0 Å².